The van der Waals surface area contributed by atoms with Crippen molar-refractivity contribution >= 4 is 0 Å². The van der Waals surface area contributed by atoms with Crippen molar-refractivity contribution in [2.75, 3.05) is 0 Å². The number of nitrogens with zero attached hydrogens (tertiary/aromatic N) is 2. The molecule has 20 heavy (non-hydrogen) atoms. The van der Waals surface area contributed by atoms with Gasteiger partial charge in [-0.2, -0.15) is 0 Å². The minimum Gasteiger partial charge on any atom is -0.539 e. The second kappa shape index (κ2) is 5.17. The summed E-state index contributed by atoms with van der Waals surface area (Å²) >= 11 is 0. The molecule has 4 nitrogen and oxygen atoms in total. The van der Waals surface area contributed by atoms with Crippen LogP contribution >= 0.6 is 0 Å². The minimum atomic E-state index is -0.454. The van der Waals surface area contributed by atoms with Gasteiger partial charge in [-0.3, -0.25) is 0 Å². The van der Waals surface area contributed by atoms with Gasteiger partial charge in [-0.1, -0.05) is 31.2 Å². The van der Waals surface area contributed by atoms with E-state index < -0.39 is 5.95 Å². The van der Waals surface area contributed by atoms with Gasteiger partial charge in [-0.15, -0.1) is 0 Å². The number of aryl methyl sites for hydroxylation is 1. The highest BCUT2D eigenvalue weighted by Gasteiger charge is 2.08. The molecule has 0 atom stereocenters. The highest BCUT2D eigenvalue weighted by atomic mass is 16.6. The van der Waals surface area contributed by atoms with Gasteiger partial charge >= 0.3 is 0 Å². The third-order valence-corrected chi connectivity index (χ3v) is 3.27. The number of benzene rings is 2. The average molecular weight is 266 g/mol. The summed E-state index contributed by atoms with van der Waals surface area (Å²) in [5, 5.41) is 14.6. The van der Waals surface area contributed by atoms with E-state index in [1.54, 1.807) is 0 Å². The molecule has 0 saturated heterocycles. The number of hydrogen-bond donors (Lipinski definition) is 0. The first-order valence-corrected chi connectivity index (χ1v) is 6.51. The van der Waals surface area contributed by atoms with Gasteiger partial charge in [0.1, 0.15) is 5.95 Å². The summed E-state index contributed by atoms with van der Waals surface area (Å²) in [4.78, 5) is 0. The van der Waals surface area contributed by atoms with Gasteiger partial charge in [0, 0.05) is 12.1 Å². The van der Waals surface area contributed by atoms with Crippen LogP contribution in [-0.2, 0) is 6.42 Å². The maximum absolute atomic E-state index is 11.0. The van der Waals surface area contributed by atoms with E-state index in [0.29, 0.717) is 0 Å². The van der Waals surface area contributed by atoms with Crippen molar-refractivity contribution in [3.8, 4) is 22.8 Å². The third-order valence-electron chi connectivity index (χ3n) is 3.27. The summed E-state index contributed by atoms with van der Waals surface area (Å²) < 4.78 is 5.94. The van der Waals surface area contributed by atoms with Gasteiger partial charge in [0.25, 0.3) is 0 Å². The van der Waals surface area contributed by atoms with E-state index in [-0.39, 0.29) is 0 Å². The fourth-order valence-electron chi connectivity index (χ4n) is 2.09. The van der Waals surface area contributed by atoms with Crippen LogP contribution in [0.5, 0.6) is 5.95 Å². The van der Waals surface area contributed by atoms with Crippen LogP contribution in [0.15, 0.2) is 59.3 Å². The maximum atomic E-state index is 11.0. The van der Waals surface area contributed by atoms with Crippen LogP contribution in [0.2, 0.25) is 0 Å². The van der Waals surface area contributed by atoms with Gasteiger partial charge in [-0.05, 0) is 39.9 Å². The smallest absolute Gasteiger partial charge is 0.239 e. The molecule has 3 rings (SSSR count). The van der Waals surface area contributed by atoms with Gasteiger partial charge in [0.2, 0.25) is 11.9 Å². The van der Waals surface area contributed by atoms with Crippen LogP contribution in [0.3, 0.4) is 0 Å². The summed E-state index contributed by atoms with van der Waals surface area (Å²) in [5.74, 6) is -0.454. The fraction of sp³-hybridized carbons (Fsp3) is 0.125. The Morgan fingerprint density at radius 3 is 2.10 bits per heavy atom. The third kappa shape index (κ3) is 2.40. The van der Waals surface area contributed by atoms with Crippen molar-refractivity contribution in [3.05, 3.63) is 60.3 Å². The van der Waals surface area contributed by atoms with Crippen LogP contribution in [-0.4, -0.2) is 5.27 Å². The lowest BCUT2D eigenvalue weighted by atomic mass is 10.0. The maximum Gasteiger partial charge on any atom is 0.239 e. The van der Waals surface area contributed by atoms with Crippen LogP contribution in [0.25, 0.3) is 16.8 Å². The summed E-state index contributed by atoms with van der Waals surface area (Å²) in [6.07, 6.45) is 2.35. The SMILES string of the molecule is CCc1ccc(-c2ccc(-[n+]3cc([O-])on3)cc2)cc1. The summed E-state index contributed by atoms with van der Waals surface area (Å²) in [6, 6.07) is 16.3. The molecule has 0 radical (unpaired) electrons. The Kier molecular flexibility index (Phi) is 3.21. The highest BCUT2D eigenvalue weighted by molar-refractivity contribution is 5.64. The van der Waals surface area contributed by atoms with E-state index in [9.17, 15) is 5.11 Å². The Morgan fingerprint density at radius 1 is 1.00 bits per heavy atom. The predicted octanol–water partition coefficient (Wildman–Crippen LogP) is 2.25. The monoisotopic (exact) mass is 266 g/mol. The van der Waals surface area contributed by atoms with Gasteiger partial charge in [-0.25, -0.2) is 0 Å². The topological polar surface area (TPSA) is 53.0 Å². The Balaban J connectivity index is 1.88. The van der Waals surface area contributed by atoms with E-state index in [2.05, 4.69) is 41.0 Å². The van der Waals surface area contributed by atoms with Crippen LogP contribution in [0.1, 0.15) is 12.5 Å². The van der Waals surface area contributed by atoms with Crippen molar-refractivity contribution in [2.24, 2.45) is 0 Å². The highest BCUT2D eigenvalue weighted by Crippen LogP contribution is 2.20. The molecule has 3 aromatic rings. The number of rotatable bonds is 3. The number of hydrogen-bond acceptors (Lipinski definition) is 3. The second-order valence-corrected chi connectivity index (χ2v) is 4.56. The van der Waals surface area contributed by atoms with E-state index in [1.807, 2.05) is 24.3 Å². The molecule has 0 bridgehead atoms. The summed E-state index contributed by atoms with van der Waals surface area (Å²) in [5.41, 5.74) is 4.42. The lowest BCUT2D eigenvalue weighted by Gasteiger charge is -2.02. The molecule has 1 aromatic heterocycles. The van der Waals surface area contributed by atoms with E-state index in [4.69, 9.17) is 0 Å². The van der Waals surface area contributed by atoms with Gasteiger partial charge < -0.3 is 9.63 Å². The van der Waals surface area contributed by atoms with E-state index in [0.717, 1.165) is 17.7 Å². The lowest BCUT2D eigenvalue weighted by molar-refractivity contribution is -0.670. The molecule has 0 spiro atoms. The Labute approximate surface area is 116 Å². The van der Waals surface area contributed by atoms with Crippen LogP contribution in [0, 0.1) is 0 Å². The second-order valence-electron chi connectivity index (χ2n) is 4.56. The Morgan fingerprint density at radius 2 is 1.60 bits per heavy atom. The summed E-state index contributed by atoms with van der Waals surface area (Å²) in [7, 11) is 0. The lowest BCUT2D eigenvalue weighted by Crippen LogP contribution is -2.31. The first kappa shape index (κ1) is 12.4. The zero-order valence-electron chi connectivity index (χ0n) is 11.1. The first-order chi connectivity index (χ1) is 9.76. The molecule has 0 aliphatic heterocycles. The largest absolute Gasteiger partial charge is 0.539 e. The molecule has 0 amide bonds. The molecule has 100 valence electrons. The average Bonchev–Trinajstić information content (AvgIpc) is 2.94. The van der Waals surface area contributed by atoms with Gasteiger partial charge in [0.05, 0.1) is 5.27 Å². The molecular weight excluding hydrogens is 252 g/mol. The Bertz CT molecular complexity index is 700. The van der Waals surface area contributed by atoms with Crippen LogP contribution < -0.4 is 9.79 Å². The fourth-order valence-corrected chi connectivity index (χ4v) is 2.09. The molecular formula is C16H14N2O2. The molecule has 2 aromatic carbocycles. The normalized spacial score (nSPS) is 10.7. The molecule has 1 heterocycles. The predicted molar refractivity (Wildman–Crippen MR) is 72.3 cm³/mol. The van der Waals surface area contributed by atoms with Crippen molar-refractivity contribution in [2.45, 2.75) is 13.3 Å². The minimum absolute atomic E-state index is 0.454. The Hall–Kier alpha value is -2.62. The zero-order valence-corrected chi connectivity index (χ0v) is 11.1. The first-order valence-electron chi connectivity index (χ1n) is 6.51. The molecule has 4 heteroatoms. The van der Waals surface area contributed by atoms with E-state index >= 15 is 0 Å². The number of aromatic nitrogens is 2. The van der Waals surface area contributed by atoms with Gasteiger partial charge in [0.15, 0.2) is 0 Å². The molecule has 0 unspecified atom stereocenters. The molecule has 0 aliphatic carbocycles. The zero-order chi connectivity index (χ0) is 13.9. The summed E-state index contributed by atoms with van der Waals surface area (Å²) in [6.45, 7) is 2.14. The molecule has 0 saturated carbocycles. The molecule has 0 aliphatic rings. The van der Waals surface area contributed by atoms with Crippen molar-refractivity contribution in [1.82, 2.24) is 5.27 Å². The molecule has 0 fully saturated rings. The van der Waals surface area contributed by atoms with Crippen molar-refractivity contribution in [3.63, 3.8) is 0 Å². The van der Waals surface area contributed by atoms with Crippen LogP contribution in [0.4, 0.5) is 0 Å². The standard InChI is InChI=1S/C16H14N2O2/c1-2-12-3-5-13(6-4-12)14-7-9-15(10-8-14)18-11-16(19)20-17-18/h3-11H,2H2,1H3. The molecule has 0 N–H and O–H groups in total. The van der Waals surface area contributed by atoms with Crippen molar-refractivity contribution in [1.29, 1.82) is 0 Å². The van der Waals surface area contributed by atoms with Crippen molar-refractivity contribution < 1.29 is 14.3 Å². The quantitative estimate of drug-likeness (QED) is 0.683. The van der Waals surface area contributed by atoms with E-state index in [1.165, 1.54) is 22.0 Å².